The fourth-order valence-corrected chi connectivity index (χ4v) is 4.02. The molecule has 0 saturated heterocycles. The molecule has 2 N–H and O–H groups in total. The largest absolute Gasteiger partial charge is 0.399 e. The van der Waals surface area contributed by atoms with Gasteiger partial charge in [-0.05, 0) is 49.4 Å². The topological polar surface area (TPSA) is 64.7 Å². The lowest BCUT2D eigenvalue weighted by atomic mass is 10.3. The minimum atomic E-state index is 0.767. The monoisotopic (exact) mass is 302 g/mol. The first-order valence-electron chi connectivity index (χ1n) is 6.32. The van der Waals surface area contributed by atoms with Gasteiger partial charge in [-0.25, -0.2) is 15.0 Å². The molecule has 0 atom stereocenters. The number of hydrogen-bond donors (Lipinski definition) is 1. The molecule has 3 aromatic rings. The van der Waals surface area contributed by atoms with E-state index in [1.54, 1.807) is 23.1 Å². The fourth-order valence-electron chi connectivity index (χ4n) is 1.89. The van der Waals surface area contributed by atoms with E-state index in [1.807, 2.05) is 31.2 Å². The molecular weight excluding hydrogens is 288 g/mol. The molecule has 0 amide bonds. The van der Waals surface area contributed by atoms with E-state index in [2.05, 4.69) is 21.9 Å². The van der Waals surface area contributed by atoms with E-state index in [9.17, 15) is 0 Å². The molecule has 0 bridgehead atoms. The maximum Gasteiger partial charge on any atom is 0.157 e. The summed E-state index contributed by atoms with van der Waals surface area (Å²) < 4.78 is 2.08. The Morgan fingerprint density at radius 1 is 1.20 bits per heavy atom. The van der Waals surface area contributed by atoms with Gasteiger partial charge in [0, 0.05) is 11.4 Å². The molecule has 0 saturated carbocycles. The number of thiazole rings is 1. The van der Waals surface area contributed by atoms with Crippen LogP contribution in [0.4, 0.5) is 5.69 Å². The quantitative estimate of drug-likeness (QED) is 0.590. The van der Waals surface area contributed by atoms with Gasteiger partial charge in [0.25, 0.3) is 0 Å². The average molecular weight is 302 g/mol. The van der Waals surface area contributed by atoms with Crippen molar-refractivity contribution in [3.63, 3.8) is 0 Å². The number of rotatable bonds is 3. The third kappa shape index (κ3) is 2.76. The number of fused-ring (bicyclic) bond motifs is 1. The molecule has 102 valence electrons. The highest BCUT2D eigenvalue weighted by atomic mass is 32.2. The van der Waals surface area contributed by atoms with E-state index >= 15 is 0 Å². The van der Waals surface area contributed by atoms with Crippen molar-refractivity contribution in [1.82, 2.24) is 15.0 Å². The number of nitrogens with zero attached hydrogens (tertiary/aromatic N) is 3. The second kappa shape index (κ2) is 5.38. The maximum absolute atomic E-state index is 5.79. The molecule has 0 radical (unpaired) electrons. The summed E-state index contributed by atoms with van der Waals surface area (Å²) in [5.74, 6) is 0.803. The van der Waals surface area contributed by atoms with Crippen LogP contribution >= 0.6 is 23.1 Å². The predicted octanol–water partition coefficient (Wildman–Crippen LogP) is 3.69. The molecule has 20 heavy (non-hydrogen) atoms. The molecule has 0 unspecified atom stereocenters. The van der Waals surface area contributed by atoms with Crippen molar-refractivity contribution in [2.24, 2.45) is 0 Å². The molecule has 0 aliphatic carbocycles. The minimum Gasteiger partial charge on any atom is -0.399 e. The van der Waals surface area contributed by atoms with Crippen molar-refractivity contribution in [2.75, 3.05) is 5.73 Å². The van der Waals surface area contributed by atoms with E-state index in [4.69, 9.17) is 5.73 Å². The lowest BCUT2D eigenvalue weighted by Gasteiger charge is -2.02. The number of benzene rings is 1. The zero-order valence-electron chi connectivity index (χ0n) is 11.3. The normalized spacial score (nSPS) is 11.1. The van der Waals surface area contributed by atoms with Crippen molar-refractivity contribution < 1.29 is 0 Å². The third-order valence-electron chi connectivity index (χ3n) is 2.81. The van der Waals surface area contributed by atoms with E-state index in [1.165, 1.54) is 0 Å². The van der Waals surface area contributed by atoms with Gasteiger partial charge in [0.1, 0.15) is 10.9 Å². The maximum atomic E-state index is 5.79. The Balaban J connectivity index is 1.94. The number of aryl methyl sites for hydroxylation is 2. The van der Waals surface area contributed by atoms with Gasteiger partial charge in [-0.3, -0.25) is 0 Å². The van der Waals surface area contributed by atoms with Crippen LogP contribution in [0.3, 0.4) is 0 Å². The summed E-state index contributed by atoms with van der Waals surface area (Å²) in [7, 11) is 0. The van der Waals surface area contributed by atoms with E-state index in [-0.39, 0.29) is 0 Å². The molecule has 4 nitrogen and oxygen atoms in total. The SMILES string of the molecule is CCc1cc(Sc2nc3ccc(N)cc3s2)nc(C)n1. The number of aromatic nitrogens is 3. The standard InChI is InChI=1S/C14H14N4S2/c1-3-10-7-13(17-8(2)16-10)20-14-18-11-5-4-9(15)6-12(11)19-14/h4-7H,3,15H2,1-2H3. The summed E-state index contributed by atoms with van der Waals surface area (Å²) in [4.78, 5) is 13.4. The molecular formula is C14H14N4S2. The smallest absolute Gasteiger partial charge is 0.157 e. The Bertz CT molecular complexity index is 767. The Kier molecular flexibility index (Phi) is 3.58. The average Bonchev–Trinajstić information content (AvgIpc) is 2.79. The number of nitrogen functional groups attached to an aromatic ring is 1. The lowest BCUT2D eigenvalue weighted by Crippen LogP contribution is -1.95. The van der Waals surface area contributed by atoms with Crippen LogP contribution in [-0.2, 0) is 6.42 Å². The number of hydrogen-bond acceptors (Lipinski definition) is 6. The summed E-state index contributed by atoms with van der Waals surface area (Å²) in [5, 5.41) is 0.946. The van der Waals surface area contributed by atoms with Gasteiger partial charge in [0.05, 0.1) is 10.2 Å². The molecule has 2 heterocycles. The third-order valence-corrected chi connectivity index (χ3v) is 4.81. The van der Waals surface area contributed by atoms with Gasteiger partial charge in [0.2, 0.25) is 0 Å². The lowest BCUT2D eigenvalue weighted by molar-refractivity contribution is 0.896. The summed E-state index contributed by atoms with van der Waals surface area (Å²) in [6, 6.07) is 7.81. The van der Waals surface area contributed by atoms with E-state index in [0.717, 1.165) is 43.2 Å². The van der Waals surface area contributed by atoms with Crippen molar-refractivity contribution in [3.05, 3.63) is 35.8 Å². The Morgan fingerprint density at radius 2 is 2.05 bits per heavy atom. The van der Waals surface area contributed by atoms with E-state index < -0.39 is 0 Å². The zero-order chi connectivity index (χ0) is 14.1. The van der Waals surface area contributed by atoms with Crippen LogP contribution in [0.1, 0.15) is 18.4 Å². The summed E-state index contributed by atoms with van der Waals surface area (Å²) in [6.45, 7) is 4.01. The molecule has 6 heteroatoms. The van der Waals surface area contributed by atoms with Crippen molar-refractivity contribution >= 4 is 39.0 Å². The van der Waals surface area contributed by atoms with Crippen LogP contribution < -0.4 is 5.73 Å². The Hall–Kier alpha value is -1.66. The van der Waals surface area contributed by atoms with Gasteiger partial charge in [-0.1, -0.05) is 6.92 Å². The highest BCUT2D eigenvalue weighted by Crippen LogP contribution is 2.34. The Morgan fingerprint density at radius 3 is 2.85 bits per heavy atom. The summed E-state index contributed by atoms with van der Waals surface area (Å²) in [5.41, 5.74) is 8.60. The van der Waals surface area contributed by atoms with Crippen LogP contribution in [0.15, 0.2) is 33.6 Å². The first kappa shape index (κ1) is 13.3. The first-order valence-corrected chi connectivity index (χ1v) is 7.96. The van der Waals surface area contributed by atoms with E-state index in [0.29, 0.717) is 0 Å². The fraction of sp³-hybridized carbons (Fsp3) is 0.214. The number of nitrogens with two attached hydrogens (primary N) is 1. The highest BCUT2D eigenvalue weighted by molar-refractivity contribution is 8.01. The van der Waals surface area contributed by atoms with Gasteiger partial charge in [0.15, 0.2) is 4.34 Å². The predicted molar refractivity (Wildman–Crippen MR) is 84.3 cm³/mol. The molecule has 2 aromatic heterocycles. The summed E-state index contributed by atoms with van der Waals surface area (Å²) in [6.07, 6.45) is 0.910. The second-order valence-electron chi connectivity index (χ2n) is 4.41. The van der Waals surface area contributed by atoms with Crippen LogP contribution in [0, 0.1) is 6.92 Å². The zero-order valence-corrected chi connectivity index (χ0v) is 12.9. The van der Waals surface area contributed by atoms with Crippen LogP contribution in [0.25, 0.3) is 10.2 Å². The molecule has 0 fully saturated rings. The molecule has 0 aliphatic rings. The van der Waals surface area contributed by atoms with Crippen molar-refractivity contribution in [2.45, 2.75) is 29.6 Å². The molecule has 1 aromatic carbocycles. The van der Waals surface area contributed by atoms with Crippen LogP contribution in [0.2, 0.25) is 0 Å². The second-order valence-corrected chi connectivity index (χ2v) is 6.71. The van der Waals surface area contributed by atoms with Gasteiger partial charge < -0.3 is 5.73 Å². The van der Waals surface area contributed by atoms with Crippen molar-refractivity contribution in [1.29, 1.82) is 0 Å². The van der Waals surface area contributed by atoms with Gasteiger partial charge in [-0.2, -0.15) is 0 Å². The summed E-state index contributed by atoms with van der Waals surface area (Å²) >= 11 is 3.22. The van der Waals surface area contributed by atoms with Crippen LogP contribution in [0.5, 0.6) is 0 Å². The van der Waals surface area contributed by atoms with Gasteiger partial charge >= 0.3 is 0 Å². The molecule has 0 spiro atoms. The van der Waals surface area contributed by atoms with Crippen molar-refractivity contribution in [3.8, 4) is 0 Å². The van der Waals surface area contributed by atoms with Crippen LogP contribution in [-0.4, -0.2) is 15.0 Å². The van der Waals surface area contributed by atoms with Gasteiger partial charge in [-0.15, -0.1) is 11.3 Å². The first-order chi connectivity index (χ1) is 9.64. The Labute approximate surface area is 125 Å². The highest BCUT2D eigenvalue weighted by Gasteiger charge is 2.08. The number of anilines is 1. The molecule has 0 aliphatic heterocycles. The molecule has 3 rings (SSSR count). The minimum absolute atomic E-state index is 0.767.